The van der Waals surface area contributed by atoms with Gasteiger partial charge in [-0.1, -0.05) is 13.8 Å². The maximum absolute atomic E-state index is 12.0. The normalized spacial score (nSPS) is 26.3. The number of anilines is 1. The first-order chi connectivity index (χ1) is 8.56. The summed E-state index contributed by atoms with van der Waals surface area (Å²) in [5.74, 6) is 1.20. The second-order valence-electron chi connectivity index (χ2n) is 5.45. The minimum Gasteiger partial charge on any atom is -0.397 e. The van der Waals surface area contributed by atoms with Gasteiger partial charge in [-0.05, 0) is 43.2 Å². The van der Waals surface area contributed by atoms with Gasteiger partial charge in [0.1, 0.15) is 5.69 Å². The van der Waals surface area contributed by atoms with Gasteiger partial charge in [-0.25, -0.2) is 4.98 Å². The second-order valence-corrected chi connectivity index (χ2v) is 5.45. The molecule has 0 bridgehead atoms. The van der Waals surface area contributed by atoms with E-state index in [1.807, 2.05) is 0 Å². The number of amides is 1. The minimum atomic E-state index is -0.0959. The summed E-state index contributed by atoms with van der Waals surface area (Å²) in [4.78, 5) is 16.1. The predicted octanol–water partition coefficient (Wildman–Crippen LogP) is 2.64. The topological polar surface area (TPSA) is 68.0 Å². The number of rotatable bonds is 2. The van der Waals surface area contributed by atoms with Crippen LogP contribution in [-0.4, -0.2) is 16.9 Å². The third-order valence-corrected chi connectivity index (χ3v) is 3.77. The zero-order chi connectivity index (χ0) is 13.1. The zero-order valence-corrected chi connectivity index (χ0v) is 12.2. The maximum Gasteiger partial charge on any atom is 0.270 e. The summed E-state index contributed by atoms with van der Waals surface area (Å²) in [6, 6.07) is 3.64. The summed E-state index contributed by atoms with van der Waals surface area (Å²) in [5, 5.41) is 3.08. The van der Waals surface area contributed by atoms with Crippen LogP contribution < -0.4 is 11.1 Å². The molecule has 0 radical (unpaired) electrons. The van der Waals surface area contributed by atoms with Crippen molar-refractivity contribution in [2.45, 2.75) is 39.2 Å². The number of nitrogen functional groups attached to an aromatic ring is 1. The monoisotopic (exact) mass is 283 g/mol. The van der Waals surface area contributed by atoms with Gasteiger partial charge >= 0.3 is 0 Å². The van der Waals surface area contributed by atoms with Gasteiger partial charge in [0.2, 0.25) is 0 Å². The molecule has 4 nitrogen and oxygen atoms in total. The van der Waals surface area contributed by atoms with Crippen LogP contribution in [0.1, 0.15) is 43.6 Å². The lowest BCUT2D eigenvalue weighted by Crippen LogP contribution is -2.42. The quantitative estimate of drug-likeness (QED) is 0.877. The fourth-order valence-electron chi connectivity index (χ4n) is 2.66. The Balaban J connectivity index is 0.00000180. The molecule has 0 spiro atoms. The van der Waals surface area contributed by atoms with Crippen LogP contribution in [0.25, 0.3) is 0 Å². The van der Waals surface area contributed by atoms with Crippen molar-refractivity contribution < 1.29 is 4.79 Å². The summed E-state index contributed by atoms with van der Waals surface area (Å²) >= 11 is 0. The van der Waals surface area contributed by atoms with Crippen molar-refractivity contribution in [2.24, 2.45) is 11.8 Å². The molecule has 19 heavy (non-hydrogen) atoms. The van der Waals surface area contributed by atoms with Crippen LogP contribution in [0.5, 0.6) is 0 Å². The van der Waals surface area contributed by atoms with Crippen molar-refractivity contribution in [1.29, 1.82) is 0 Å². The van der Waals surface area contributed by atoms with Crippen LogP contribution in [0.2, 0.25) is 0 Å². The Morgan fingerprint density at radius 1 is 1.37 bits per heavy atom. The largest absolute Gasteiger partial charge is 0.397 e. The molecule has 2 rings (SSSR count). The van der Waals surface area contributed by atoms with E-state index in [1.54, 1.807) is 12.1 Å². The lowest BCUT2D eigenvalue weighted by Gasteiger charge is -2.33. The molecule has 1 saturated carbocycles. The first kappa shape index (κ1) is 15.8. The first-order valence-electron chi connectivity index (χ1n) is 6.58. The maximum atomic E-state index is 12.0. The molecule has 3 atom stereocenters. The molecule has 0 aliphatic heterocycles. The van der Waals surface area contributed by atoms with Crippen LogP contribution in [0.15, 0.2) is 18.3 Å². The predicted molar refractivity (Wildman–Crippen MR) is 79.3 cm³/mol. The number of nitrogens with two attached hydrogens (primary N) is 1. The molecule has 1 aliphatic carbocycles. The van der Waals surface area contributed by atoms with Crippen molar-refractivity contribution >= 4 is 24.0 Å². The van der Waals surface area contributed by atoms with E-state index in [-0.39, 0.29) is 24.4 Å². The average molecular weight is 284 g/mol. The molecule has 1 amide bonds. The van der Waals surface area contributed by atoms with Crippen LogP contribution in [0.3, 0.4) is 0 Å². The number of halogens is 1. The van der Waals surface area contributed by atoms with E-state index in [4.69, 9.17) is 5.73 Å². The summed E-state index contributed by atoms with van der Waals surface area (Å²) in [5.41, 5.74) is 6.57. The molecule has 3 N–H and O–H groups in total. The van der Waals surface area contributed by atoms with E-state index in [9.17, 15) is 4.79 Å². The number of nitrogens with zero attached hydrogens (tertiary/aromatic N) is 1. The Morgan fingerprint density at radius 2 is 2.11 bits per heavy atom. The fourth-order valence-corrected chi connectivity index (χ4v) is 2.66. The van der Waals surface area contributed by atoms with E-state index in [0.29, 0.717) is 17.3 Å². The van der Waals surface area contributed by atoms with E-state index < -0.39 is 0 Å². The Bertz CT molecular complexity index is 421. The number of pyridine rings is 1. The van der Waals surface area contributed by atoms with Gasteiger partial charge in [0.05, 0.1) is 11.9 Å². The molecule has 1 aromatic heterocycles. The van der Waals surface area contributed by atoms with E-state index in [2.05, 4.69) is 24.1 Å². The molecule has 1 aliphatic rings. The highest BCUT2D eigenvalue weighted by molar-refractivity contribution is 5.92. The molecule has 0 saturated heterocycles. The molecule has 0 aromatic carbocycles. The van der Waals surface area contributed by atoms with E-state index in [0.717, 1.165) is 12.3 Å². The van der Waals surface area contributed by atoms with Gasteiger partial charge in [-0.3, -0.25) is 4.79 Å². The Kier molecular flexibility index (Phi) is 5.60. The van der Waals surface area contributed by atoms with Gasteiger partial charge in [-0.15, -0.1) is 12.4 Å². The molecule has 1 aromatic rings. The van der Waals surface area contributed by atoms with Gasteiger partial charge in [0, 0.05) is 6.04 Å². The van der Waals surface area contributed by atoms with Gasteiger partial charge in [0.25, 0.3) is 5.91 Å². The SMILES string of the molecule is CC1CCC(NC(=O)c2ccc(N)cn2)C(C)C1.Cl. The second kappa shape index (κ2) is 6.75. The summed E-state index contributed by atoms with van der Waals surface area (Å²) < 4.78 is 0. The third kappa shape index (κ3) is 4.10. The van der Waals surface area contributed by atoms with E-state index in [1.165, 1.54) is 19.0 Å². The number of hydrogen-bond donors (Lipinski definition) is 2. The Morgan fingerprint density at radius 3 is 2.68 bits per heavy atom. The summed E-state index contributed by atoms with van der Waals surface area (Å²) in [7, 11) is 0. The molecule has 3 unspecified atom stereocenters. The van der Waals surface area contributed by atoms with E-state index >= 15 is 0 Å². The van der Waals surface area contributed by atoms with Crippen LogP contribution >= 0.6 is 12.4 Å². The minimum absolute atomic E-state index is 0. The number of nitrogens with one attached hydrogen (secondary N) is 1. The van der Waals surface area contributed by atoms with Crippen LogP contribution in [0, 0.1) is 11.8 Å². The molecule has 5 heteroatoms. The Hall–Kier alpha value is -1.29. The van der Waals surface area contributed by atoms with Crippen molar-refractivity contribution in [3.63, 3.8) is 0 Å². The molecule has 1 heterocycles. The molecular formula is C14H22ClN3O. The lowest BCUT2D eigenvalue weighted by molar-refractivity contribution is 0.0894. The van der Waals surface area contributed by atoms with Gasteiger partial charge in [0.15, 0.2) is 0 Å². The molecule has 106 valence electrons. The van der Waals surface area contributed by atoms with Gasteiger partial charge < -0.3 is 11.1 Å². The highest BCUT2D eigenvalue weighted by Gasteiger charge is 2.26. The summed E-state index contributed by atoms with van der Waals surface area (Å²) in [6.45, 7) is 4.48. The summed E-state index contributed by atoms with van der Waals surface area (Å²) in [6.07, 6.45) is 4.94. The van der Waals surface area contributed by atoms with Crippen molar-refractivity contribution in [3.05, 3.63) is 24.0 Å². The number of carbonyl (C=O) groups is 1. The highest BCUT2D eigenvalue weighted by atomic mass is 35.5. The highest BCUT2D eigenvalue weighted by Crippen LogP contribution is 2.28. The number of aromatic nitrogens is 1. The first-order valence-corrected chi connectivity index (χ1v) is 6.58. The van der Waals surface area contributed by atoms with Crippen molar-refractivity contribution in [1.82, 2.24) is 10.3 Å². The standard InChI is InChI=1S/C14H21N3O.ClH/c1-9-3-5-12(10(2)7-9)17-14(18)13-6-4-11(15)8-16-13;/h4,6,8-10,12H,3,5,7,15H2,1-2H3,(H,17,18);1H. The van der Waals surface area contributed by atoms with Crippen molar-refractivity contribution in [2.75, 3.05) is 5.73 Å². The Labute approximate surface area is 120 Å². The van der Waals surface area contributed by atoms with Crippen molar-refractivity contribution in [3.8, 4) is 0 Å². The average Bonchev–Trinajstić information content (AvgIpc) is 2.33. The van der Waals surface area contributed by atoms with Crippen LogP contribution in [-0.2, 0) is 0 Å². The third-order valence-electron chi connectivity index (χ3n) is 3.77. The number of carbonyl (C=O) groups excluding carboxylic acids is 1. The van der Waals surface area contributed by atoms with Crippen LogP contribution in [0.4, 0.5) is 5.69 Å². The fraction of sp³-hybridized carbons (Fsp3) is 0.571. The smallest absolute Gasteiger partial charge is 0.270 e. The lowest BCUT2D eigenvalue weighted by atomic mass is 9.80. The molecule has 1 fully saturated rings. The zero-order valence-electron chi connectivity index (χ0n) is 11.4. The van der Waals surface area contributed by atoms with Gasteiger partial charge in [-0.2, -0.15) is 0 Å². The molecular weight excluding hydrogens is 262 g/mol. The number of hydrogen-bond acceptors (Lipinski definition) is 3.